The van der Waals surface area contributed by atoms with Gasteiger partial charge in [-0.15, -0.1) is 0 Å². The van der Waals surface area contributed by atoms with Gasteiger partial charge in [0.25, 0.3) is 5.91 Å². The summed E-state index contributed by atoms with van der Waals surface area (Å²) in [6.07, 6.45) is 4.69. The number of carbonyl (C=O) groups excluding carboxylic acids is 1. The van der Waals surface area contributed by atoms with Gasteiger partial charge in [-0.3, -0.25) is 4.79 Å². The summed E-state index contributed by atoms with van der Waals surface area (Å²) >= 11 is 6.00. The minimum atomic E-state index is 0.00440. The van der Waals surface area contributed by atoms with Crippen LogP contribution in [-0.4, -0.2) is 40.2 Å². The SMILES string of the molecule is CCN(CCCO)C(=O)c1cc(Cl)cn1C1CC1. The molecule has 0 spiro atoms. The van der Waals surface area contributed by atoms with Gasteiger partial charge in [-0.1, -0.05) is 11.6 Å². The zero-order chi connectivity index (χ0) is 13.1. The van der Waals surface area contributed by atoms with Crippen molar-refractivity contribution in [3.63, 3.8) is 0 Å². The number of aromatic nitrogens is 1. The number of aliphatic hydroxyl groups is 1. The van der Waals surface area contributed by atoms with Crippen LogP contribution < -0.4 is 0 Å². The van der Waals surface area contributed by atoms with Crippen molar-refractivity contribution in [1.29, 1.82) is 0 Å². The smallest absolute Gasteiger partial charge is 0.270 e. The van der Waals surface area contributed by atoms with Gasteiger partial charge < -0.3 is 14.6 Å². The number of amides is 1. The summed E-state index contributed by atoms with van der Waals surface area (Å²) < 4.78 is 1.99. The number of rotatable bonds is 6. The molecule has 4 nitrogen and oxygen atoms in total. The lowest BCUT2D eigenvalue weighted by Crippen LogP contribution is -2.33. The molecule has 1 aromatic heterocycles. The third kappa shape index (κ3) is 2.87. The van der Waals surface area contributed by atoms with Crippen molar-refractivity contribution in [2.24, 2.45) is 0 Å². The van der Waals surface area contributed by atoms with Gasteiger partial charge in [0.05, 0.1) is 5.02 Å². The Morgan fingerprint density at radius 2 is 2.33 bits per heavy atom. The van der Waals surface area contributed by atoms with Gasteiger partial charge in [-0.05, 0) is 32.3 Å². The van der Waals surface area contributed by atoms with E-state index in [0.717, 1.165) is 12.8 Å². The molecule has 1 N–H and O–H groups in total. The van der Waals surface area contributed by atoms with Crippen molar-refractivity contribution >= 4 is 17.5 Å². The Balaban J connectivity index is 2.15. The average molecular weight is 271 g/mol. The van der Waals surface area contributed by atoms with Crippen molar-refractivity contribution in [2.45, 2.75) is 32.2 Å². The largest absolute Gasteiger partial charge is 0.396 e. The summed E-state index contributed by atoms with van der Waals surface area (Å²) in [7, 11) is 0. The van der Waals surface area contributed by atoms with Gasteiger partial charge in [-0.2, -0.15) is 0 Å². The van der Waals surface area contributed by atoms with Crippen molar-refractivity contribution in [3.05, 3.63) is 23.0 Å². The summed E-state index contributed by atoms with van der Waals surface area (Å²) in [6, 6.07) is 2.18. The van der Waals surface area contributed by atoms with E-state index in [9.17, 15) is 4.79 Å². The van der Waals surface area contributed by atoms with Gasteiger partial charge in [0.15, 0.2) is 0 Å². The summed E-state index contributed by atoms with van der Waals surface area (Å²) in [5.41, 5.74) is 0.669. The third-order valence-corrected chi connectivity index (χ3v) is 3.44. The van der Waals surface area contributed by atoms with E-state index in [-0.39, 0.29) is 12.5 Å². The van der Waals surface area contributed by atoms with E-state index in [1.807, 2.05) is 17.7 Å². The van der Waals surface area contributed by atoms with Crippen LogP contribution in [-0.2, 0) is 0 Å². The first-order valence-corrected chi connectivity index (χ1v) is 6.82. The van der Waals surface area contributed by atoms with Crippen LogP contribution in [0, 0.1) is 0 Å². The van der Waals surface area contributed by atoms with Crippen molar-refractivity contribution < 1.29 is 9.90 Å². The van der Waals surface area contributed by atoms with Crippen LogP contribution >= 0.6 is 11.6 Å². The molecule has 5 heteroatoms. The number of halogens is 1. The lowest BCUT2D eigenvalue weighted by molar-refractivity contribution is 0.0743. The standard InChI is InChI=1S/C13H19ClN2O2/c1-2-15(6-3-7-17)13(18)12-8-10(14)9-16(12)11-4-5-11/h8-9,11,17H,2-7H2,1H3. The van der Waals surface area contributed by atoms with Crippen molar-refractivity contribution in [2.75, 3.05) is 19.7 Å². The van der Waals surface area contributed by atoms with Gasteiger partial charge >= 0.3 is 0 Å². The zero-order valence-electron chi connectivity index (χ0n) is 10.6. The minimum Gasteiger partial charge on any atom is -0.396 e. The van der Waals surface area contributed by atoms with E-state index in [1.165, 1.54) is 0 Å². The Morgan fingerprint density at radius 3 is 2.89 bits per heavy atom. The van der Waals surface area contributed by atoms with Crippen LogP contribution in [0.25, 0.3) is 0 Å². The van der Waals surface area contributed by atoms with Crippen LogP contribution in [0.4, 0.5) is 0 Å². The maximum absolute atomic E-state index is 12.4. The molecule has 18 heavy (non-hydrogen) atoms. The second-order valence-electron chi connectivity index (χ2n) is 4.64. The van der Waals surface area contributed by atoms with Crippen LogP contribution in [0.5, 0.6) is 0 Å². The molecule has 0 unspecified atom stereocenters. The molecular weight excluding hydrogens is 252 g/mol. The van der Waals surface area contributed by atoms with Crippen molar-refractivity contribution in [3.8, 4) is 0 Å². The predicted molar refractivity (Wildman–Crippen MR) is 71.0 cm³/mol. The minimum absolute atomic E-state index is 0.00440. The van der Waals surface area contributed by atoms with Crippen LogP contribution in [0.2, 0.25) is 5.02 Å². The topological polar surface area (TPSA) is 45.5 Å². The monoisotopic (exact) mass is 270 g/mol. The Morgan fingerprint density at radius 1 is 1.61 bits per heavy atom. The Kier molecular flexibility index (Phi) is 4.30. The maximum atomic E-state index is 12.4. The van der Waals surface area contributed by atoms with Crippen LogP contribution in [0.3, 0.4) is 0 Å². The highest BCUT2D eigenvalue weighted by atomic mass is 35.5. The lowest BCUT2D eigenvalue weighted by atomic mass is 10.3. The molecule has 0 bridgehead atoms. The number of nitrogens with zero attached hydrogens (tertiary/aromatic N) is 2. The number of hydrogen-bond donors (Lipinski definition) is 1. The molecule has 1 fully saturated rings. The summed E-state index contributed by atoms with van der Waals surface area (Å²) in [5.74, 6) is 0.00440. The molecule has 1 aromatic rings. The highest BCUT2D eigenvalue weighted by molar-refractivity contribution is 6.31. The van der Waals surface area contributed by atoms with Crippen molar-refractivity contribution in [1.82, 2.24) is 9.47 Å². The zero-order valence-corrected chi connectivity index (χ0v) is 11.4. The molecule has 100 valence electrons. The van der Waals surface area contributed by atoms with E-state index in [1.54, 1.807) is 11.0 Å². The molecule has 0 aliphatic heterocycles. The number of hydrogen-bond acceptors (Lipinski definition) is 2. The molecule has 1 aliphatic carbocycles. The summed E-state index contributed by atoms with van der Waals surface area (Å²) in [6.45, 7) is 3.28. The second kappa shape index (κ2) is 5.76. The molecule has 1 aliphatic rings. The molecule has 1 saturated carbocycles. The molecule has 2 rings (SSSR count). The highest BCUT2D eigenvalue weighted by Crippen LogP contribution is 2.37. The fourth-order valence-corrected chi connectivity index (χ4v) is 2.31. The van der Waals surface area contributed by atoms with Gasteiger partial charge in [0.1, 0.15) is 5.69 Å². The van der Waals surface area contributed by atoms with Gasteiger partial charge in [0, 0.05) is 31.9 Å². The maximum Gasteiger partial charge on any atom is 0.270 e. The fraction of sp³-hybridized carbons (Fsp3) is 0.615. The van der Waals surface area contributed by atoms with E-state index in [0.29, 0.717) is 36.3 Å². The molecule has 1 amide bonds. The number of carbonyl (C=O) groups is 1. The Bertz CT molecular complexity index is 427. The van der Waals surface area contributed by atoms with Crippen LogP contribution in [0.1, 0.15) is 42.7 Å². The summed E-state index contributed by atoms with van der Waals surface area (Å²) in [4.78, 5) is 14.2. The normalized spacial score (nSPS) is 14.8. The first-order valence-electron chi connectivity index (χ1n) is 6.45. The molecule has 1 heterocycles. The first kappa shape index (κ1) is 13.4. The van der Waals surface area contributed by atoms with Crippen LogP contribution in [0.15, 0.2) is 12.3 Å². The Labute approximate surface area is 112 Å². The third-order valence-electron chi connectivity index (χ3n) is 3.23. The molecule has 0 atom stereocenters. The second-order valence-corrected chi connectivity index (χ2v) is 5.08. The van der Waals surface area contributed by atoms with E-state index in [4.69, 9.17) is 16.7 Å². The molecule has 0 saturated heterocycles. The quantitative estimate of drug-likeness (QED) is 0.862. The number of aliphatic hydroxyl groups excluding tert-OH is 1. The lowest BCUT2D eigenvalue weighted by Gasteiger charge is -2.21. The highest BCUT2D eigenvalue weighted by Gasteiger charge is 2.29. The average Bonchev–Trinajstić information content (AvgIpc) is 3.13. The fourth-order valence-electron chi connectivity index (χ4n) is 2.10. The van der Waals surface area contributed by atoms with E-state index < -0.39 is 0 Å². The summed E-state index contributed by atoms with van der Waals surface area (Å²) in [5, 5.41) is 9.47. The first-order chi connectivity index (χ1) is 8.67. The van der Waals surface area contributed by atoms with E-state index >= 15 is 0 Å². The molecular formula is C13H19ClN2O2. The van der Waals surface area contributed by atoms with Gasteiger partial charge in [-0.25, -0.2) is 0 Å². The molecule has 0 radical (unpaired) electrons. The van der Waals surface area contributed by atoms with Gasteiger partial charge in [0.2, 0.25) is 0 Å². The molecule has 0 aromatic carbocycles. The predicted octanol–water partition coefficient (Wildman–Crippen LogP) is 2.32. The Hall–Kier alpha value is -1.00. The van der Waals surface area contributed by atoms with E-state index in [2.05, 4.69) is 0 Å².